The van der Waals surface area contributed by atoms with Crippen LogP contribution in [0.5, 0.6) is 0 Å². The minimum atomic E-state index is 0.310. The van der Waals surface area contributed by atoms with Gasteiger partial charge in [0.05, 0.1) is 0 Å². The molecule has 2 bridgehead atoms. The van der Waals surface area contributed by atoms with Crippen LogP contribution in [0.15, 0.2) is 24.3 Å². The average molecular weight is 216 g/mol. The van der Waals surface area contributed by atoms with Gasteiger partial charge in [-0.3, -0.25) is 0 Å². The van der Waals surface area contributed by atoms with Gasteiger partial charge in [0.1, 0.15) is 0 Å². The third-order valence-corrected chi connectivity index (χ3v) is 4.63. The zero-order valence-corrected chi connectivity index (χ0v) is 10.2. The lowest BCUT2D eigenvalue weighted by molar-refractivity contribution is -0.168. The van der Waals surface area contributed by atoms with Gasteiger partial charge in [-0.2, -0.15) is 0 Å². The van der Waals surface area contributed by atoms with Crippen LogP contribution in [-0.4, -0.2) is 11.7 Å². The molecular formula is C15H20O. The van der Waals surface area contributed by atoms with Gasteiger partial charge in [0.25, 0.3) is 0 Å². The van der Waals surface area contributed by atoms with E-state index in [0.29, 0.717) is 23.4 Å². The zero-order chi connectivity index (χ0) is 11.4. The maximum absolute atomic E-state index is 9.32. The molecule has 16 heavy (non-hydrogen) atoms. The Hall–Kier alpha value is -0.820. The second-order valence-electron chi connectivity index (χ2n) is 6.21. The standard InChI is InChI=1S/C15H20O/c1-11(2)12-5-3-4-6-13(12)15-7-14(8-15,9-15)10-16/h3-6,11,16H,7-10H2,1-2H3. The summed E-state index contributed by atoms with van der Waals surface area (Å²) in [6.45, 7) is 4.93. The molecule has 0 heterocycles. The van der Waals surface area contributed by atoms with Crippen molar-refractivity contribution in [2.24, 2.45) is 5.41 Å². The van der Waals surface area contributed by atoms with Gasteiger partial charge in [-0.05, 0) is 47.1 Å². The molecule has 1 heteroatoms. The molecule has 1 nitrogen and oxygen atoms in total. The maximum atomic E-state index is 9.32. The fraction of sp³-hybridized carbons (Fsp3) is 0.600. The number of aliphatic hydroxyl groups excluding tert-OH is 1. The van der Waals surface area contributed by atoms with Crippen molar-refractivity contribution < 1.29 is 5.11 Å². The number of rotatable bonds is 3. The van der Waals surface area contributed by atoms with E-state index in [1.807, 2.05) is 0 Å². The van der Waals surface area contributed by atoms with Crippen LogP contribution in [0.2, 0.25) is 0 Å². The summed E-state index contributed by atoms with van der Waals surface area (Å²) in [5.74, 6) is 0.607. The molecule has 0 aromatic heterocycles. The van der Waals surface area contributed by atoms with Crippen LogP contribution in [-0.2, 0) is 5.41 Å². The Labute approximate surface area is 97.5 Å². The molecule has 86 valence electrons. The van der Waals surface area contributed by atoms with E-state index in [0.717, 1.165) is 0 Å². The van der Waals surface area contributed by atoms with Crippen molar-refractivity contribution >= 4 is 0 Å². The van der Waals surface area contributed by atoms with Gasteiger partial charge in [0.2, 0.25) is 0 Å². The molecule has 1 N–H and O–H groups in total. The second-order valence-corrected chi connectivity index (χ2v) is 6.21. The van der Waals surface area contributed by atoms with Crippen LogP contribution in [0.4, 0.5) is 0 Å². The minimum Gasteiger partial charge on any atom is -0.396 e. The number of benzene rings is 1. The lowest BCUT2D eigenvalue weighted by Gasteiger charge is -2.71. The van der Waals surface area contributed by atoms with Gasteiger partial charge in [-0.25, -0.2) is 0 Å². The Balaban J connectivity index is 1.92. The van der Waals surface area contributed by atoms with Crippen LogP contribution < -0.4 is 0 Å². The van der Waals surface area contributed by atoms with Gasteiger partial charge in [0, 0.05) is 6.61 Å². The molecule has 3 aliphatic rings. The Bertz CT molecular complexity index is 399. The van der Waals surface area contributed by atoms with Crippen molar-refractivity contribution in [1.29, 1.82) is 0 Å². The molecule has 0 radical (unpaired) electrons. The van der Waals surface area contributed by atoms with Crippen LogP contribution in [0.1, 0.15) is 50.2 Å². The summed E-state index contributed by atoms with van der Waals surface area (Å²) in [6.07, 6.45) is 3.63. The normalized spacial score (nSPS) is 35.8. The fourth-order valence-electron chi connectivity index (χ4n) is 3.93. The van der Waals surface area contributed by atoms with Crippen LogP contribution >= 0.6 is 0 Å². The van der Waals surface area contributed by atoms with E-state index in [1.54, 1.807) is 5.56 Å². The highest BCUT2D eigenvalue weighted by Gasteiger charge is 2.68. The Morgan fingerprint density at radius 1 is 1.19 bits per heavy atom. The summed E-state index contributed by atoms with van der Waals surface area (Å²) >= 11 is 0. The molecule has 4 rings (SSSR count). The van der Waals surface area contributed by atoms with Crippen molar-refractivity contribution in [2.45, 2.75) is 44.4 Å². The van der Waals surface area contributed by atoms with E-state index in [2.05, 4.69) is 38.1 Å². The monoisotopic (exact) mass is 216 g/mol. The summed E-state index contributed by atoms with van der Waals surface area (Å²) in [4.78, 5) is 0. The smallest absolute Gasteiger partial charge is 0.0488 e. The highest BCUT2D eigenvalue weighted by molar-refractivity contribution is 5.44. The van der Waals surface area contributed by atoms with E-state index < -0.39 is 0 Å². The zero-order valence-electron chi connectivity index (χ0n) is 10.2. The second kappa shape index (κ2) is 3.10. The van der Waals surface area contributed by atoms with Crippen molar-refractivity contribution in [2.75, 3.05) is 6.61 Å². The highest BCUT2D eigenvalue weighted by atomic mass is 16.3. The van der Waals surface area contributed by atoms with Crippen molar-refractivity contribution in [3.8, 4) is 0 Å². The van der Waals surface area contributed by atoms with Crippen LogP contribution in [0.25, 0.3) is 0 Å². The highest BCUT2D eigenvalue weighted by Crippen LogP contribution is 2.73. The molecule has 1 aromatic carbocycles. The van der Waals surface area contributed by atoms with Gasteiger partial charge in [-0.15, -0.1) is 0 Å². The molecule has 0 atom stereocenters. The number of hydrogen-bond acceptors (Lipinski definition) is 1. The molecule has 0 saturated heterocycles. The number of hydrogen-bond donors (Lipinski definition) is 1. The van der Waals surface area contributed by atoms with E-state index >= 15 is 0 Å². The maximum Gasteiger partial charge on any atom is 0.0488 e. The molecule has 0 aliphatic heterocycles. The first-order chi connectivity index (χ1) is 7.61. The van der Waals surface area contributed by atoms with Crippen LogP contribution in [0.3, 0.4) is 0 Å². The largest absolute Gasteiger partial charge is 0.396 e. The molecule has 1 aromatic rings. The summed E-state index contributed by atoms with van der Waals surface area (Å²) in [5, 5.41) is 9.32. The van der Waals surface area contributed by atoms with Gasteiger partial charge >= 0.3 is 0 Å². The SMILES string of the molecule is CC(C)c1ccccc1C12CC(CO)(C1)C2. The molecule has 3 fully saturated rings. The molecule has 3 aliphatic carbocycles. The molecule has 0 amide bonds. The first kappa shape index (κ1) is 10.3. The van der Waals surface area contributed by atoms with E-state index in [4.69, 9.17) is 0 Å². The Morgan fingerprint density at radius 2 is 1.81 bits per heavy atom. The van der Waals surface area contributed by atoms with Crippen LogP contribution in [0, 0.1) is 5.41 Å². The Kier molecular flexibility index (Phi) is 2.00. The van der Waals surface area contributed by atoms with Crippen molar-refractivity contribution in [3.63, 3.8) is 0 Å². The molecule has 3 saturated carbocycles. The predicted molar refractivity (Wildman–Crippen MR) is 65.6 cm³/mol. The fourth-order valence-corrected chi connectivity index (χ4v) is 3.93. The third kappa shape index (κ3) is 1.15. The van der Waals surface area contributed by atoms with Gasteiger partial charge in [0.15, 0.2) is 0 Å². The average Bonchev–Trinajstić information content (AvgIpc) is 2.15. The Morgan fingerprint density at radius 3 is 2.38 bits per heavy atom. The first-order valence-electron chi connectivity index (χ1n) is 6.31. The van der Waals surface area contributed by atoms with Crippen molar-refractivity contribution in [1.82, 2.24) is 0 Å². The topological polar surface area (TPSA) is 20.2 Å². The van der Waals surface area contributed by atoms with Crippen molar-refractivity contribution in [3.05, 3.63) is 35.4 Å². The van der Waals surface area contributed by atoms with Gasteiger partial charge < -0.3 is 5.11 Å². The van der Waals surface area contributed by atoms with E-state index in [9.17, 15) is 5.11 Å². The van der Waals surface area contributed by atoms with Gasteiger partial charge in [-0.1, -0.05) is 38.1 Å². The summed E-state index contributed by atoms with van der Waals surface area (Å²) in [7, 11) is 0. The third-order valence-electron chi connectivity index (χ3n) is 4.63. The first-order valence-corrected chi connectivity index (χ1v) is 6.31. The van der Waals surface area contributed by atoms with E-state index in [-0.39, 0.29) is 0 Å². The molecular weight excluding hydrogens is 196 g/mol. The predicted octanol–water partition coefficient (Wildman–Crippen LogP) is 3.22. The molecule has 0 unspecified atom stereocenters. The minimum absolute atomic E-state index is 0.310. The summed E-state index contributed by atoms with van der Waals surface area (Å²) in [5.41, 5.74) is 3.81. The van der Waals surface area contributed by atoms with E-state index in [1.165, 1.54) is 24.8 Å². The molecule has 0 spiro atoms. The summed E-state index contributed by atoms with van der Waals surface area (Å²) < 4.78 is 0. The summed E-state index contributed by atoms with van der Waals surface area (Å²) in [6, 6.07) is 8.88. The lowest BCUT2D eigenvalue weighted by Crippen LogP contribution is -2.66. The number of aliphatic hydroxyl groups is 1. The quantitative estimate of drug-likeness (QED) is 0.822. The lowest BCUT2D eigenvalue weighted by atomic mass is 9.33.